The predicted octanol–water partition coefficient (Wildman–Crippen LogP) is 2.80. The number of rotatable bonds is 9. The molecule has 0 saturated carbocycles. The number of carbonyl (C=O) groups excluding carboxylic acids is 1. The molecule has 34 heavy (non-hydrogen) atoms. The van der Waals surface area contributed by atoms with Crippen LogP contribution in [0.25, 0.3) is 0 Å². The molecule has 1 saturated heterocycles. The van der Waals surface area contributed by atoms with Gasteiger partial charge in [-0.2, -0.15) is 16.8 Å². The first-order chi connectivity index (χ1) is 15.9. The van der Waals surface area contributed by atoms with E-state index in [0.717, 1.165) is 22.9 Å². The van der Waals surface area contributed by atoms with Gasteiger partial charge in [-0.05, 0) is 38.1 Å². The van der Waals surface area contributed by atoms with Crippen LogP contribution < -0.4 is 0 Å². The van der Waals surface area contributed by atoms with Gasteiger partial charge >= 0.3 is 0 Å². The normalized spacial score (nSPS) is 23.2. The highest BCUT2D eigenvalue weighted by molar-refractivity contribution is 8.13. The van der Waals surface area contributed by atoms with Crippen molar-refractivity contribution in [3.8, 4) is 0 Å². The largest absolute Gasteiger partial charge is 0.353 e. The molecule has 0 bridgehead atoms. The first-order valence-corrected chi connectivity index (χ1v) is 14.0. The lowest BCUT2D eigenvalue weighted by Crippen LogP contribution is -2.41. The standard InChI is InChI=1S/C22H26O9S3/c1-14-5-9-17(10-6-14)33(24,25)30-20-19(13-32-16(3)23)29-22(28-4)21(20)31-34(26,27)18-11-7-15(2)8-12-18/h5-12,19-22H,13H2,1-4H3/t19-,20+,21-,22?/m1/s1. The van der Waals surface area contributed by atoms with E-state index in [1.165, 1.54) is 38.3 Å². The Kier molecular flexibility index (Phi) is 8.56. The number of benzene rings is 2. The van der Waals surface area contributed by atoms with E-state index in [1.54, 1.807) is 38.1 Å². The number of thioether (sulfide) groups is 1. The van der Waals surface area contributed by atoms with Crippen LogP contribution in [0.3, 0.4) is 0 Å². The third kappa shape index (κ3) is 6.45. The molecule has 1 heterocycles. The number of ether oxygens (including phenoxy) is 2. The lowest BCUT2D eigenvalue weighted by Gasteiger charge is -2.23. The van der Waals surface area contributed by atoms with Crippen molar-refractivity contribution in [2.45, 2.75) is 55.2 Å². The molecular weight excluding hydrogens is 504 g/mol. The minimum absolute atomic E-state index is 0.00766. The summed E-state index contributed by atoms with van der Waals surface area (Å²) in [6.45, 7) is 4.96. The van der Waals surface area contributed by atoms with Gasteiger partial charge in [0.1, 0.15) is 12.2 Å². The third-order valence-electron chi connectivity index (χ3n) is 5.05. The van der Waals surface area contributed by atoms with Crippen LogP contribution in [-0.4, -0.2) is 59.4 Å². The molecule has 2 aromatic rings. The Morgan fingerprint density at radius 1 is 0.853 bits per heavy atom. The van der Waals surface area contributed by atoms with Gasteiger partial charge in [0, 0.05) is 19.8 Å². The zero-order valence-corrected chi connectivity index (χ0v) is 21.5. The van der Waals surface area contributed by atoms with E-state index in [-0.39, 0.29) is 20.7 Å². The van der Waals surface area contributed by atoms with Crippen LogP contribution in [0, 0.1) is 13.8 Å². The molecule has 9 nitrogen and oxygen atoms in total. The molecule has 3 rings (SSSR count). The number of aryl methyl sites for hydroxylation is 2. The van der Waals surface area contributed by atoms with Crippen LogP contribution in [0.2, 0.25) is 0 Å². The first-order valence-electron chi connectivity index (χ1n) is 10.2. The second kappa shape index (κ2) is 10.9. The van der Waals surface area contributed by atoms with E-state index < -0.39 is 44.8 Å². The SMILES string of the molecule is COC1O[C@H](CSC(C)=O)[C@H](OS(=O)(=O)c2ccc(C)cc2)[C@H]1OS(=O)(=O)c1ccc(C)cc1. The molecule has 0 N–H and O–H groups in total. The smallest absolute Gasteiger partial charge is 0.297 e. The van der Waals surface area contributed by atoms with Crippen LogP contribution in [0.1, 0.15) is 18.1 Å². The summed E-state index contributed by atoms with van der Waals surface area (Å²) in [6, 6.07) is 12.0. The van der Waals surface area contributed by atoms with E-state index in [2.05, 4.69) is 0 Å². The predicted molar refractivity (Wildman–Crippen MR) is 125 cm³/mol. The molecular formula is C22H26O9S3. The fraction of sp³-hybridized carbons (Fsp3) is 0.409. The summed E-state index contributed by atoms with van der Waals surface area (Å²) in [6.07, 6.45) is -5.11. The average Bonchev–Trinajstić information content (AvgIpc) is 3.08. The Morgan fingerprint density at radius 3 is 1.71 bits per heavy atom. The second-order valence-corrected chi connectivity index (χ2v) is 12.1. The highest BCUT2D eigenvalue weighted by Crippen LogP contribution is 2.34. The zero-order valence-electron chi connectivity index (χ0n) is 19.0. The van der Waals surface area contributed by atoms with Crippen molar-refractivity contribution in [3.63, 3.8) is 0 Å². The summed E-state index contributed by atoms with van der Waals surface area (Å²) < 4.78 is 73.8. The highest BCUT2D eigenvalue weighted by atomic mass is 32.2. The fourth-order valence-corrected chi connectivity index (χ4v) is 6.09. The van der Waals surface area contributed by atoms with Gasteiger partial charge in [0.15, 0.2) is 17.5 Å². The van der Waals surface area contributed by atoms with Crippen molar-refractivity contribution in [2.24, 2.45) is 0 Å². The van der Waals surface area contributed by atoms with Crippen LogP contribution in [-0.2, 0) is 42.9 Å². The molecule has 0 radical (unpaired) electrons. The highest BCUT2D eigenvalue weighted by Gasteiger charge is 2.51. The maximum absolute atomic E-state index is 13.0. The number of hydrogen-bond acceptors (Lipinski definition) is 10. The fourth-order valence-electron chi connectivity index (χ4n) is 3.25. The zero-order chi connectivity index (χ0) is 25.1. The maximum Gasteiger partial charge on any atom is 0.297 e. The summed E-state index contributed by atoms with van der Waals surface area (Å²) in [5.74, 6) is 0.00766. The van der Waals surface area contributed by atoms with Gasteiger partial charge in [0.2, 0.25) is 0 Å². The summed E-state index contributed by atoms with van der Waals surface area (Å²) >= 11 is 0.887. The van der Waals surface area contributed by atoms with Crippen LogP contribution in [0.15, 0.2) is 58.3 Å². The van der Waals surface area contributed by atoms with E-state index in [0.29, 0.717) is 0 Å². The molecule has 186 valence electrons. The number of hydrogen-bond donors (Lipinski definition) is 0. The van der Waals surface area contributed by atoms with Crippen LogP contribution >= 0.6 is 11.8 Å². The Labute approximate surface area is 204 Å². The Balaban J connectivity index is 1.95. The number of carbonyl (C=O) groups is 1. The van der Waals surface area contributed by atoms with Crippen LogP contribution in [0.5, 0.6) is 0 Å². The first kappa shape index (κ1) is 26.8. The molecule has 12 heteroatoms. The van der Waals surface area contributed by atoms with Crippen LogP contribution in [0.4, 0.5) is 0 Å². The summed E-state index contributed by atoms with van der Waals surface area (Å²) in [4.78, 5) is 11.3. The van der Waals surface area contributed by atoms with E-state index >= 15 is 0 Å². The molecule has 0 aromatic heterocycles. The second-order valence-electron chi connectivity index (χ2n) is 7.74. The van der Waals surface area contributed by atoms with Crippen molar-refractivity contribution in [3.05, 3.63) is 59.7 Å². The molecule has 1 unspecified atom stereocenters. The topological polar surface area (TPSA) is 122 Å². The molecule has 0 spiro atoms. The molecule has 4 atom stereocenters. The third-order valence-corrected chi connectivity index (χ3v) is 8.60. The van der Waals surface area contributed by atoms with E-state index in [9.17, 15) is 21.6 Å². The average molecular weight is 531 g/mol. The Bertz CT molecular complexity index is 1210. The minimum Gasteiger partial charge on any atom is -0.353 e. The molecule has 2 aromatic carbocycles. The Morgan fingerprint density at radius 2 is 1.29 bits per heavy atom. The lowest BCUT2D eigenvalue weighted by molar-refractivity contribution is -0.139. The minimum atomic E-state index is -4.33. The van der Waals surface area contributed by atoms with Gasteiger partial charge in [0.05, 0.1) is 9.79 Å². The van der Waals surface area contributed by atoms with Gasteiger partial charge in [0.25, 0.3) is 20.2 Å². The van der Waals surface area contributed by atoms with E-state index in [1.807, 2.05) is 0 Å². The van der Waals surface area contributed by atoms with E-state index in [4.69, 9.17) is 17.8 Å². The quantitative estimate of drug-likeness (QED) is 0.447. The monoisotopic (exact) mass is 530 g/mol. The van der Waals surface area contributed by atoms with Gasteiger partial charge in [-0.15, -0.1) is 0 Å². The lowest BCUT2D eigenvalue weighted by atomic mass is 10.1. The van der Waals surface area contributed by atoms with Gasteiger partial charge in [-0.25, -0.2) is 0 Å². The summed E-state index contributed by atoms with van der Waals surface area (Å²) in [5.41, 5.74) is 1.70. The molecule has 1 aliphatic heterocycles. The van der Waals surface area contributed by atoms with Crippen molar-refractivity contribution in [2.75, 3.05) is 12.9 Å². The summed E-state index contributed by atoms with van der Waals surface area (Å²) in [5, 5.41) is -0.227. The molecule has 0 aliphatic carbocycles. The number of methoxy groups -OCH3 is 1. The molecule has 1 fully saturated rings. The maximum atomic E-state index is 13.0. The van der Waals surface area contributed by atoms with Crippen molar-refractivity contribution in [1.29, 1.82) is 0 Å². The Hall–Kier alpha value is -1.80. The van der Waals surface area contributed by atoms with Gasteiger partial charge in [-0.1, -0.05) is 47.2 Å². The van der Waals surface area contributed by atoms with Crippen molar-refractivity contribution in [1.82, 2.24) is 0 Å². The molecule has 0 amide bonds. The van der Waals surface area contributed by atoms with Crippen molar-refractivity contribution >= 4 is 37.1 Å². The van der Waals surface area contributed by atoms with Gasteiger partial charge in [-0.3, -0.25) is 13.2 Å². The molecule has 1 aliphatic rings. The van der Waals surface area contributed by atoms with Gasteiger partial charge < -0.3 is 9.47 Å². The summed E-state index contributed by atoms with van der Waals surface area (Å²) in [7, 11) is -7.38. The van der Waals surface area contributed by atoms with Crippen molar-refractivity contribution < 1.29 is 39.5 Å².